The molecule has 0 saturated carbocycles. The van der Waals surface area contributed by atoms with Crippen molar-refractivity contribution in [1.29, 1.82) is 0 Å². The van der Waals surface area contributed by atoms with E-state index in [1.165, 1.54) is 29.2 Å². The van der Waals surface area contributed by atoms with E-state index in [4.69, 9.17) is 11.6 Å². The molecule has 3 aromatic carbocycles. The van der Waals surface area contributed by atoms with Crippen LogP contribution in [0.5, 0.6) is 0 Å². The van der Waals surface area contributed by atoms with Gasteiger partial charge in [-0.3, -0.25) is 13.9 Å². The Balaban J connectivity index is 1.98. The molecule has 1 unspecified atom stereocenters. The normalized spacial score (nSPS) is 12.0. The Kier molecular flexibility index (Phi) is 10.3. The third-order valence-corrected chi connectivity index (χ3v) is 8.36. The van der Waals surface area contributed by atoms with Gasteiger partial charge in [-0.1, -0.05) is 67.4 Å². The van der Waals surface area contributed by atoms with E-state index in [9.17, 15) is 18.0 Å². The number of hydrogen-bond acceptors (Lipinski definition) is 4. The minimum Gasteiger partial charge on any atom is -0.354 e. The number of aryl methyl sites for hydroxylation is 1. The second-order valence-electron chi connectivity index (χ2n) is 9.07. The molecule has 0 aliphatic carbocycles. The third-order valence-electron chi connectivity index (χ3n) is 6.32. The molecule has 202 valence electrons. The molecule has 0 aliphatic rings. The molecular weight excluding hydrogens is 522 g/mol. The van der Waals surface area contributed by atoms with Crippen molar-refractivity contribution in [2.75, 3.05) is 17.4 Å². The van der Waals surface area contributed by atoms with Crippen molar-refractivity contribution in [1.82, 2.24) is 10.2 Å². The molecule has 2 amide bonds. The van der Waals surface area contributed by atoms with Crippen LogP contribution in [0.2, 0.25) is 5.02 Å². The molecule has 7 nitrogen and oxygen atoms in total. The van der Waals surface area contributed by atoms with Crippen molar-refractivity contribution in [3.05, 3.63) is 95.0 Å². The SMILES string of the molecule is CCCCNC(=O)C(C)N(Cc1ccccc1C)C(=O)CN(c1ccccc1)S(=O)(=O)c1ccc(Cl)cc1. The van der Waals surface area contributed by atoms with Crippen molar-refractivity contribution in [2.45, 2.75) is 51.1 Å². The number of carbonyl (C=O) groups is 2. The number of benzene rings is 3. The van der Waals surface area contributed by atoms with Gasteiger partial charge in [0.25, 0.3) is 10.0 Å². The molecule has 0 heterocycles. The summed E-state index contributed by atoms with van der Waals surface area (Å²) < 4.78 is 28.5. The molecule has 1 N–H and O–H groups in total. The van der Waals surface area contributed by atoms with Crippen LogP contribution in [0.1, 0.15) is 37.8 Å². The van der Waals surface area contributed by atoms with Crippen molar-refractivity contribution in [3.8, 4) is 0 Å². The summed E-state index contributed by atoms with van der Waals surface area (Å²) in [7, 11) is -4.12. The summed E-state index contributed by atoms with van der Waals surface area (Å²) in [4.78, 5) is 28.3. The van der Waals surface area contributed by atoms with Crippen LogP contribution in [-0.4, -0.2) is 44.3 Å². The number of para-hydroxylation sites is 1. The van der Waals surface area contributed by atoms with Crippen molar-refractivity contribution in [3.63, 3.8) is 0 Å². The predicted octanol–water partition coefficient (Wildman–Crippen LogP) is 5.18. The van der Waals surface area contributed by atoms with Gasteiger partial charge in [0.2, 0.25) is 11.8 Å². The lowest BCUT2D eigenvalue weighted by atomic mass is 10.1. The number of anilines is 1. The average Bonchev–Trinajstić information content (AvgIpc) is 2.91. The fraction of sp³-hybridized carbons (Fsp3) is 0.310. The lowest BCUT2D eigenvalue weighted by Gasteiger charge is -2.32. The first-order chi connectivity index (χ1) is 18.1. The standard InChI is InChI=1S/C29H34ClN3O4S/c1-4-5-19-31-29(35)23(3)32(20-24-12-10-9-11-22(24)2)28(34)21-33(26-13-7-6-8-14-26)38(36,37)27-17-15-25(30)16-18-27/h6-18,23H,4-5,19-21H2,1-3H3,(H,31,35). The topological polar surface area (TPSA) is 86.8 Å². The van der Waals surface area contributed by atoms with Gasteiger partial charge in [-0.25, -0.2) is 8.42 Å². The summed E-state index contributed by atoms with van der Waals surface area (Å²) in [6.07, 6.45) is 1.75. The van der Waals surface area contributed by atoms with Gasteiger partial charge in [-0.05, 0) is 67.8 Å². The number of unbranched alkanes of at least 4 members (excludes halogenated alkanes) is 1. The summed E-state index contributed by atoms with van der Waals surface area (Å²) in [6.45, 7) is 5.82. The summed E-state index contributed by atoms with van der Waals surface area (Å²) in [5.41, 5.74) is 2.19. The van der Waals surface area contributed by atoms with Gasteiger partial charge < -0.3 is 10.2 Å². The summed E-state index contributed by atoms with van der Waals surface area (Å²) in [5.74, 6) is -0.778. The van der Waals surface area contributed by atoms with Crippen LogP contribution in [0.3, 0.4) is 0 Å². The molecular formula is C29H34ClN3O4S. The maximum absolute atomic E-state index is 13.9. The van der Waals surface area contributed by atoms with E-state index in [-0.39, 0.29) is 17.3 Å². The summed E-state index contributed by atoms with van der Waals surface area (Å²) in [5, 5.41) is 3.29. The highest BCUT2D eigenvalue weighted by Crippen LogP contribution is 2.25. The highest BCUT2D eigenvalue weighted by atomic mass is 35.5. The molecule has 1 atom stereocenters. The van der Waals surface area contributed by atoms with Crippen molar-refractivity contribution < 1.29 is 18.0 Å². The monoisotopic (exact) mass is 555 g/mol. The van der Waals surface area contributed by atoms with E-state index >= 15 is 0 Å². The van der Waals surface area contributed by atoms with Gasteiger partial charge in [0.1, 0.15) is 12.6 Å². The van der Waals surface area contributed by atoms with Gasteiger partial charge in [-0.15, -0.1) is 0 Å². The number of sulfonamides is 1. The molecule has 9 heteroatoms. The number of amides is 2. The molecule has 0 spiro atoms. The fourth-order valence-corrected chi connectivity index (χ4v) is 5.49. The highest BCUT2D eigenvalue weighted by Gasteiger charge is 2.32. The van der Waals surface area contributed by atoms with E-state index in [0.29, 0.717) is 17.3 Å². The second kappa shape index (κ2) is 13.4. The number of nitrogens with one attached hydrogen (secondary N) is 1. The van der Waals surface area contributed by atoms with Gasteiger partial charge in [0.15, 0.2) is 0 Å². The molecule has 3 rings (SSSR count). The predicted molar refractivity (Wildman–Crippen MR) is 152 cm³/mol. The van der Waals surface area contributed by atoms with Crippen LogP contribution in [0.4, 0.5) is 5.69 Å². The zero-order valence-corrected chi connectivity index (χ0v) is 23.5. The van der Waals surface area contributed by atoms with Crippen LogP contribution in [-0.2, 0) is 26.2 Å². The Hall–Kier alpha value is -3.36. The maximum atomic E-state index is 13.9. The summed E-state index contributed by atoms with van der Waals surface area (Å²) >= 11 is 5.98. The number of rotatable bonds is 12. The second-order valence-corrected chi connectivity index (χ2v) is 11.4. The molecule has 3 aromatic rings. The molecule has 38 heavy (non-hydrogen) atoms. The smallest absolute Gasteiger partial charge is 0.264 e. The lowest BCUT2D eigenvalue weighted by molar-refractivity contribution is -0.139. The first-order valence-corrected chi connectivity index (χ1v) is 14.4. The largest absolute Gasteiger partial charge is 0.354 e. The maximum Gasteiger partial charge on any atom is 0.264 e. The van der Waals surface area contributed by atoms with Crippen LogP contribution in [0, 0.1) is 6.92 Å². The molecule has 0 aromatic heterocycles. The van der Waals surface area contributed by atoms with Crippen LogP contribution in [0.25, 0.3) is 0 Å². The van der Waals surface area contributed by atoms with Crippen molar-refractivity contribution >= 4 is 39.1 Å². The number of nitrogens with zero attached hydrogens (tertiary/aromatic N) is 2. The Morgan fingerprint density at radius 3 is 2.21 bits per heavy atom. The molecule has 0 bridgehead atoms. The summed E-state index contributed by atoms with van der Waals surface area (Å²) in [6, 6.07) is 21.1. The van der Waals surface area contributed by atoms with Gasteiger partial charge >= 0.3 is 0 Å². The number of halogens is 1. The van der Waals surface area contributed by atoms with E-state index in [1.54, 1.807) is 37.3 Å². The molecule has 0 aliphatic heterocycles. The van der Waals surface area contributed by atoms with Gasteiger partial charge in [0, 0.05) is 18.1 Å². The van der Waals surface area contributed by atoms with E-state index < -0.39 is 28.5 Å². The van der Waals surface area contributed by atoms with Crippen LogP contribution < -0.4 is 9.62 Å². The Labute approximate surface area is 230 Å². The van der Waals surface area contributed by atoms with Crippen molar-refractivity contribution in [2.24, 2.45) is 0 Å². The third kappa shape index (κ3) is 7.36. The first-order valence-electron chi connectivity index (χ1n) is 12.6. The van der Waals surface area contributed by atoms with E-state index in [1.807, 2.05) is 38.1 Å². The zero-order chi connectivity index (χ0) is 27.7. The minimum atomic E-state index is -4.12. The van der Waals surface area contributed by atoms with Gasteiger partial charge in [-0.2, -0.15) is 0 Å². The number of hydrogen-bond donors (Lipinski definition) is 1. The van der Waals surface area contributed by atoms with Crippen LogP contribution >= 0.6 is 11.6 Å². The average molecular weight is 556 g/mol. The van der Waals surface area contributed by atoms with Crippen LogP contribution in [0.15, 0.2) is 83.8 Å². The fourth-order valence-electron chi connectivity index (χ4n) is 3.95. The molecule has 0 fully saturated rings. The quantitative estimate of drug-likeness (QED) is 0.312. The van der Waals surface area contributed by atoms with E-state index in [0.717, 1.165) is 28.3 Å². The van der Waals surface area contributed by atoms with Gasteiger partial charge in [0.05, 0.1) is 10.6 Å². The molecule has 0 saturated heterocycles. The minimum absolute atomic E-state index is 0.00867. The zero-order valence-electron chi connectivity index (χ0n) is 21.9. The lowest BCUT2D eigenvalue weighted by Crippen LogP contribution is -2.51. The number of carbonyl (C=O) groups excluding carboxylic acids is 2. The Bertz CT molecular complexity index is 1330. The Morgan fingerprint density at radius 1 is 0.947 bits per heavy atom. The first kappa shape index (κ1) is 29.2. The van der Waals surface area contributed by atoms with E-state index in [2.05, 4.69) is 5.32 Å². The Morgan fingerprint density at radius 2 is 1.58 bits per heavy atom. The highest BCUT2D eigenvalue weighted by molar-refractivity contribution is 7.92. The molecule has 0 radical (unpaired) electrons.